The van der Waals surface area contributed by atoms with Crippen molar-refractivity contribution in [2.24, 2.45) is 5.11 Å². The van der Waals surface area contributed by atoms with E-state index < -0.39 is 0 Å². The van der Waals surface area contributed by atoms with E-state index in [9.17, 15) is 4.39 Å². The molecule has 0 aromatic heterocycles. The zero-order chi connectivity index (χ0) is 11.1. The Labute approximate surface area is 87.3 Å². The van der Waals surface area contributed by atoms with E-state index in [1.54, 1.807) is 13.0 Å². The molecule has 0 aliphatic carbocycles. The predicted molar refractivity (Wildman–Crippen MR) is 55.3 cm³/mol. The van der Waals surface area contributed by atoms with Crippen LogP contribution in [0, 0.1) is 12.7 Å². The molecular weight excluding hydrogens is 197 g/mol. The number of rotatable bonds is 5. The van der Waals surface area contributed by atoms with Crippen LogP contribution in [0.15, 0.2) is 23.3 Å². The molecule has 4 nitrogen and oxygen atoms in total. The zero-order valence-corrected chi connectivity index (χ0v) is 8.48. The molecule has 0 fully saturated rings. The molecule has 0 amide bonds. The summed E-state index contributed by atoms with van der Waals surface area (Å²) in [6.45, 7) is 2.66. The minimum absolute atomic E-state index is 0.270. The lowest BCUT2D eigenvalue weighted by Crippen LogP contribution is -2.00. The third-order valence-corrected chi connectivity index (χ3v) is 1.86. The van der Waals surface area contributed by atoms with E-state index in [0.717, 1.165) is 5.56 Å². The molecule has 0 aliphatic rings. The summed E-state index contributed by atoms with van der Waals surface area (Å²) in [5, 5.41) is 3.38. The third-order valence-electron chi connectivity index (χ3n) is 1.86. The summed E-state index contributed by atoms with van der Waals surface area (Å²) in [5.74, 6) is 0.395. The summed E-state index contributed by atoms with van der Waals surface area (Å²) in [7, 11) is 0. The molecule has 0 aliphatic heterocycles. The first-order chi connectivity index (χ1) is 7.24. The molecule has 80 valence electrons. The molecule has 1 aromatic carbocycles. The second-order valence-electron chi connectivity index (χ2n) is 3.07. The van der Waals surface area contributed by atoms with Crippen molar-refractivity contribution >= 4 is 0 Å². The predicted octanol–water partition coefficient (Wildman–Crippen LogP) is 3.21. The Balaban J connectivity index is 2.40. The van der Waals surface area contributed by atoms with Gasteiger partial charge in [0, 0.05) is 11.5 Å². The van der Waals surface area contributed by atoms with Crippen molar-refractivity contribution in [3.8, 4) is 5.75 Å². The minimum Gasteiger partial charge on any atom is -0.493 e. The van der Waals surface area contributed by atoms with Crippen LogP contribution in [0.2, 0.25) is 0 Å². The lowest BCUT2D eigenvalue weighted by molar-refractivity contribution is 0.311. The van der Waals surface area contributed by atoms with Crippen LogP contribution in [0.5, 0.6) is 5.75 Å². The highest BCUT2D eigenvalue weighted by Gasteiger charge is 2.00. The summed E-state index contributed by atoms with van der Waals surface area (Å²) in [5.41, 5.74) is 8.80. The van der Waals surface area contributed by atoms with Crippen molar-refractivity contribution < 1.29 is 9.13 Å². The average molecular weight is 209 g/mol. The largest absolute Gasteiger partial charge is 0.493 e. The number of benzene rings is 1. The molecule has 0 bridgehead atoms. The lowest BCUT2D eigenvalue weighted by atomic mass is 10.2. The normalized spacial score (nSPS) is 9.47. The van der Waals surface area contributed by atoms with E-state index in [1.165, 1.54) is 12.1 Å². The smallest absolute Gasteiger partial charge is 0.123 e. The van der Waals surface area contributed by atoms with Gasteiger partial charge in [0.05, 0.1) is 6.61 Å². The van der Waals surface area contributed by atoms with E-state index in [1.807, 2.05) is 0 Å². The molecule has 15 heavy (non-hydrogen) atoms. The number of azide groups is 1. The number of hydrogen-bond donors (Lipinski definition) is 0. The Bertz CT molecular complexity index is 375. The van der Waals surface area contributed by atoms with E-state index in [-0.39, 0.29) is 5.82 Å². The molecular formula is C10H12FN3O. The first kappa shape index (κ1) is 11.3. The first-order valence-corrected chi connectivity index (χ1v) is 4.64. The molecule has 0 unspecified atom stereocenters. The van der Waals surface area contributed by atoms with Crippen molar-refractivity contribution in [3.63, 3.8) is 0 Å². The van der Waals surface area contributed by atoms with Gasteiger partial charge in [0.25, 0.3) is 0 Å². The standard InChI is InChI=1S/C10H12FN3O/c1-8-7-9(11)3-4-10(8)15-6-2-5-13-14-12/h3-4,7H,2,5-6H2,1H3. The number of ether oxygens (including phenoxy) is 1. The molecule has 0 heterocycles. The second-order valence-corrected chi connectivity index (χ2v) is 3.07. The highest BCUT2D eigenvalue weighted by molar-refractivity contribution is 5.32. The number of hydrogen-bond acceptors (Lipinski definition) is 2. The summed E-state index contributed by atoms with van der Waals surface area (Å²) < 4.78 is 18.1. The zero-order valence-electron chi connectivity index (χ0n) is 8.48. The first-order valence-electron chi connectivity index (χ1n) is 4.64. The number of nitrogens with zero attached hydrogens (tertiary/aromatic N) is 3. The molecule has 0 spiro atoms. The average Bonchev–Trinajstić information content (AvgIpc) is 2.20. The van der Waals surface area contributed by atoms with E-state index in [4.69, 9.17) is 10.3 Å². The Morgan fingerprint density at radius 3 is 3.00 bits per heavy atom. The van der Waals surface area contributed by atoms with Crippen LogP contribution in [0.1, 0.15) is 12.0 Å². The summed E-state index contributed by atoms with van der Waals surface area (Å²) in [4.78, 5) is 2.63. The summed E-state index contributed by atoms with van der Waals surface area (Å²) in [6.07, 6.45) is 0.654. The van der Waals surface area contributed by atoms with Gasteiger partial charge in [-0.05, 0) is 42.6 Å². The molecule has 1 aromatic rings. The van der Waals surface area contributed by atoms with Crippen molar-refractivity contribution in [1.82, 2.24) is 0 Å². The van der Waals surface area contributed by atoms with Crippen LogP contribution < -0.4 is 4.74 Å². The van der Waals surface area contributed by atoms with Gasteiger partial charge in [-0.25, -0.2) is 4.39 Å². The topological polar surface area (TPSA) is 58.0 Å². The fourth-order valence-corrected chi connectivity index (χ4v) is 1.14. The lowest BCUT2D eigenvalue weighted by Gasteiger charge is -2.07. The Morgan fingerprint density at radius 2 is 2.33 bits per heavy atom. The number of halogens is 1. The monoisotopic (exact) mass is 209 g/mol. The molecule has 1 rings (SSSR count). The van der Waals surface area contributed by atoms with Gasteiger partial charge in [-0.15, -0.1) is 0 Å². The van der Waals surface area contributed by atoms with Crippen LogP contribution in [0.25, 0.3) is 10.4 Å². The van der Waals surface area contributed by atoms with Crippen molar-refractivity contribution in [3.05, 3.63) is 40.0 Å². The van der Waals surface area contributed by atoms with Crippen LogP contribution in [-0.4, -0.2) is 13.2 Å². The SMILES string of the molecule is Cc1cc(F)ccc1OCCCN=[N+]=[N-]. The Hall–Kier alpha value is -1.74. The van der Waals surface area contributed by atoms with Crippen LogP contribution in [-0.2, 0) is 0 Å². The van der Waals surface area contributed by atoms with Gasteiger partial charge >= 0.3 is 0 Å². The summed E-state index contributed by atoms with van der Waals surface area (Å²) in [6, 6.07) is 4.37. The fraction of sp³-hybridized carbons (Fsp3) is 0.400. The van der Waals surface area contributed by atoms with Gasteiger partial charge in [0.1, 0.15) is 11.6 Å². The fourth-order valence-electron chi connectivity index (χ4n) is 1.14. The van der Waals surface area contributed by atoms with Gasteiger partial charge in [-0.1, -0.05) is 5.11 Å². The minimum atomic E-state index is -0.270. The highest BCUT2D eigenvalue weighted by Crippen LogP contribution is 2.18. The van der Waals surface area contributed by atoms with Gasteiger partial charge in [0.15, 0.2) is 0 Å². The maximum absolute atomic E-state index is 12.7. The second kappa shape index (κ2) is 5.88. The number of aryl methyl sites for hydroxylation is 1. The van der Waals surface area contributed by atoms with Crippen LogP contribution in [0.4, 0.5) is 4.39 Å². The van der Waals surface area contributed by atoms with Crippen molar-refractivity contribution in [2.45, 2.75) is 13.3 Å². The molecule has 0 saturated carbocycles. The Kier molecular flexibility index (Phi) is 4.44. The van der Waals surface area contributed by atoms with Crippen LogP contribution >= 0.6 is 0 Å². The highest BCUT2D eigenvalue weighted by atomic mass is 19.1. The maximum atomic E-state index is 12.7. The quantitative estimate of drug-likeness (QED) is 0.318. The van der Waals surface area contributed by atoms with E-state index >= 15 is 0 Å². The van der Waals surface area contributed by atoms with Crippen LogP contribution in [0.3, 0.4) is 0 Å². The molecule has 0 N–H and O–H groups in total. The molecule has 0 saturated heterocycles. The molecule has 5 heteroatoms. The summed E-state index contributed by atoms with van der Waals surface area (Å²) >= 11 is 0. The van der Waals surface area contributed by atoms with Gasteiger partial charge in [-0.2, -0.15) is 0 Å². The van der Waals surface area contributed by atoms with Crippen molar-refractivity contribution in [2.75, 3.05) is 13.2 Å². The Morgan fingerprint density at radius 1 is 1.53 bits per heavy atom. The van der Waals surface area contributed by atoms with Gasteiger partial charge in [0.2, 0.25) is 0 Å². The third kappa shape index (κ3) is 3.87. The molecule has 0 radical (unpaired) electrons. The maximum Gasteiger partial charge on any atom is 0.123 e. The van der Waals surface area contributed by atoms with E-state index in [0.29, 0.717) is 25.3 Å². The van der Waals surface area contributed by atoms with Gasteiger partial charge in [-0.3, -0.25) is 0 Å². The van der Waals surface area contributed by atoms with E-state index in [2.05, 4.69) is 10.0 Å². The van der Waals surface area contributed by atoms with Gasteiger partial charge < -0.3 is 4.74 Å². The van der Waals surface area contributed by atoms with Crippen molar-refractivity contribution in [1.29, 1.82) is 0 Å². The molecule has 0 atom stereocenters.